The summed E-state index contributed by atoms with van der Waals surface area (Å²) in [6.07, 6.45) is -1.04. The average Bonchev–Trinajstić information content (AvgIpc) is 3.21. The Morgan fingerprint density at radius 3 is 2.34 bits per heavy atom. The summed E-state index contributed by atoms with van der Waals surface area (Å²) in [5, 5.41) is 13.3. The number of alkyl halides is 3. The number of nitrogens with zero attached hydrogens (tertiary/aromatic N) is 1. The van der Waals surface area contributed by atoms with Gasteiger partial charge in [0.25, 0.3) is 0 Å². The summed E-state index contributed by atoms with van der Waals surface area (Å²) in [6, 6.07) is 14.6. The third kappa shape index (κ3) is 6.50. The second kappa shape index (κ2) is 11.9. The van der Waals surface area contributed by atoms with Crippen LogP contribution in [0.5, 0.6) is 11.5 Å². The van der Waals surface area contributed by atoms with Crippen LogP contribution in [0.2, 0.25) is 0 Å². The Bertz CT molecular complexity index is 1140. The number of hydrogen-bond acceptors (Lipinski definition) is 5. The highest BCUT2D eigenvalue weighted by Gasteiger charge is 2.50. The van der Waals surface area contributed by atoms with E-state index in [0.29, 0.717) is 6.04 Å². The van der Waals surface area contributed by atoms with E-state index in [0.717, 1.165) is 55.0 Å². The molecule has 0 radical (unpaired) electrons. The van der Waals surface area contributed by atoms with Crippen LogP contribution in [0, 0.1) is 6.92 Å². The van der Waals surface area contributed by atoms with Crippen LogP contribution >= 0.6 is 0 Å². The maximum atomic E-state index is 12.6. The van der Waals surface area contributed by atoms with Gasteiger partial charge in [0.05, 0.1) is 14.2 Å². The average molecular weight is 538 g/mol. The second-order valence-corrected chi connectivity index (χ2v) is 9.66. The number of carboxylic acids is 1. The highest BCUT2D eigenvalue weighted by atomic mass is 19.4. The van der Waals surface area contributed by atoms with E-state index in [1.54, 1.807) is 14.2 Å². The van der Waals surface area contributed by atoms with Gasteiger partial charge in [-0.15, -0.1) is 0 Å². The molecule has 1 saturated heterocycles. The van der Waals surface area contributed by atoms with Gasteiger partial charge in [-0.25, -0.2) is 9.59 Å². The molecule has 38 heavy (non-hydrogen) atoms. The topological polar surface area (TPSA) is 100 Å². The molecule has 0 aromatic heterocycles. The van der Waals surface area contributed by atoms with Gasteiger partial charge in [-0.05, 0) is 75.5 Å². The molecule has 0 spiro atoms. The number of urea groups is 1. The number of likely N-dealkylation sites (tertiary alicyclic amines) is 1. The quantitative estimate of drug-likeness (QED) is 0.499. The number of benzene rings is 2. The summed E-state index contributed by atoms with van der Waals surface area (Å²) >= 11 is 0. The van der Waals surface area contributed by atoms with Crippen molar-refractivity contribution in [2.45, 2.75) is 56.3 Å². The Hall–Kier alpha value is -3.47. The van der Waals surface area contributed by atoms with Gasteiger partial charge in [-0.3, -0.25) is 0 Å². The number of carboxylic acid groups (broad SMARTS) is 1. The van der Waals surface area contributed by atoms with Gasteiger partial charge < -0.3 is 30.1 Å². The predicted octanol–water partition coefficient (Wildman–Crippen LogP) is 4.96. The van der Waals surface area contributed by atoms with Crippen LogP contribution in [0.1, 0.15) is 36.8 Å². The van der Waals surface area contributed by atoms with Crippen molar-refractivity contribution in [2.24, 2.45) is 0 Å². The van der Waals surface area contributed by atoms with Crippen LogP contribution in [0.3, 0.4) is 0 Å². The molecule has 2 aromatic carbocycles. The summed E-state index contributed by atoms with van der Waals surface area (Å²) in [4.78, 5) is 24.0. The lowest BCUT2D eigenvalue weighted by atomic mass is 9.65. The van der Waals surface area contributed by atoms with Gasteiger partial charge >= 0.3 is 18.2 Å². The zero-order chi connectivity index (χ0) is 28.1. The van der Waals surface area contributed by atoms with Crippen molar-refractivity contribution in [1.29, 1.82) is 0 Å². The Morgan fingerprint density at radius 2 is 1.74 bits per heavy atom. The Balaban J connectivity index is 0.000000505. The summed E-state index contributed by atoms with van der Waals surface area (Å²) in [6.45, 7) is 3.06. The fourth-order valence-corrected chi connectivity index (χ4v) is 5.45. The van der Waals surface area contributed by atoms with E-state index in [-0.39, 0.29) is 17.5 Å². The molecule has 3 unspecified atom stereocenters. The van der Waals surface area contributed by atoms with Crippen molar-refractivity contribution in [1.82, 2.24) is 10.2 Å². The number of aryl methyl sites for hydroxylation is 1. The number of hydrogen-bond donors (Lipinski definition) is 3. The number of halogens is 3. The van der Waals surface area contributed by atoms with E-state index in [9.17, 15) is 18.0 Å². The van der Waals surface area contributed by atoms with Gasteiger partial charge in [0.2, 0.25) is 0 Å². The minimum atomic E-state index is -5.08. The summed E-state index contributed by atoms with van der Waals surface area (Å²) < 4.78 is 42.7. The molecule has 1 saturated carbocycles. The number of carbonyl (C=O) groups excluding carboxylic acids is 1. The number of carbonyl (C=O) groups is 2. The fraction of sp³-hybridized carbons (Fsp3) is 0.481. The lowest BCUT2D eigenvalue weighted by molar-refractivity contribution is -0.192. The molecule has 1 aliphatic heterocycles. The maximum Gasteiger partial charge on any atom is 0.490 e. The first-order valence-corrected chi connectivity index (χ1v) is 12.3. The van der Waals surface area contributed by atoms with Crippen molar-refractivity contribution in [3.05, 3.63) is 53.6 Å². The Morgan fingerprint density at radius 1 is 1.08 bits per heavy atom. The molecule has 3 atom stereocenters. The van der Waals surface area contributed by atoms with Gasteiger partial charge in [-0.1, -0.05) is 24.3 Å². The summed E-state index contributed by atoms with van der Waals surface area (Å²) in [5.41, 5.74) is 3.30. The molecule has 2 aromatic rings. The van der Waals surface area contributed by atoms with E-state index < -0.39 is 12.1 Å². The number of methoxy groups -OCH3 is 2. The largest absolute Gasteiger partial charge is 0.493 e. The van der Waals surface area contributed by atoms with Gasteiger partial charge in [0.1, 0.15) is 0 Å². The van der Waals surface area contributed by atoms with Gasteiger partial charge in [0.15, 0.2) is 11.5 Å². The molecule has 0 bridgehead atoms. The molecule has 11 heteroatoms. The molecule has 2 amide bonds. The standard InChI is InChI=1S/C25H33N3O3.C2HF3O2/c1-17-7-5-6-8-20(17)27-24(29)26-19-11-12-25(13-14-28(2)23(25)16-19)18-9-10-21(30-3)22(15-18)31-4;3-2(4,5)1(6)7/h5-10,15,19,23H,11-14,16H2,1-4H3,(H2,26,27,29);(H,6,7). The Kier molecular flexibility index (Phi) is 9.14. The minimum absolute atomic E-state index is 0.0823. The van der Waals surface area contributed by atoms with Crippen LogP contribution < -0.4 is 20.1 Å². The number of rotatable bonds is 5. The lowest BCUT2D eigenvalue weighted by Gasteiger charge is -2.45. The van der Waals surface area contributed by atoms with E-state index >= 15 is 0 Å². The number of aliphatic carboxylic acids is 1. The molecular formula is C27H34F3N3O5. The first-order valence-electron chi connectivity index (χ1n) is 12.3. The Labute approximate surface area is 220 Å². The van der Waals surface area contributed by atoms with E-state index in [1.165, 1.54) is 5.56 Å². The lowest BCUT2D eigenvalue weighted by Crippen LogP contribution is -2.52. The number of ether oxygens (including phenoxy) is 2. The molecule has 2 aliphatic rings. The van der Waals surface area contributed by atoms with Crippen molar-refractivity contribution in [3.63, 3.8) is 0 Å². The molecule has 8 nitrogen and oxygen atoms in total. The third-order valence-corrected chi connectivity index (χ3v) is 7.46. The summed E-state index contributed by atoms with van der Waals surface area (Å²) in [5.74, 6) is -1.22. The highest BCUT2D eigenvalue weighted by Crippen LogP contribution is 2.49. The van der Waals surface area contributed by atoms with E-state index in [2.05, 4.69) is 34.7 Å². The van der Waals surface area contributed by atoms with Crippen LogP contribution in [0.4, 0.5) is 23.7 Å². The van der Waals surface area contributed by atoms with Crippen molar-refractivity contribution in [3.8, 4) is 11.5 Å². The zero-order valence-corrected chi connectivity index (χ0v) is 21.9. The number of amides is 2. The first kappa shape index (κ1) is 29.1. The van der Waals surface area contributed by atoms with E-state index in [1.807, 2.05) is 37.3 Å². The molecule has 1 heterocycles. The molecule has 3 N–H and O–H groups in total. The highest BCUT2D eigenvalue weighted by molar-refractivity contribution is 5.90. The maximum absolute atomic E-state index is 12.6. The number of nitrogens with one attached hydrogen (secondary N) is 2. The monoisotopic (exact) mass is 537 g/mol. The zero-order valence-electron chi connectivity index (χ0n) is 21.9. The first-order chi connectivity index (χ1) is 17.9. The molecule has 1 aliphatic carbocycles. The molecule has 2 fully saturated rings. The fourth-order valence-electron chi connectivity index (χ4n) is 5.45. The van der Waals surface area contributed by atoms with E-state index in [4.69, 9.17) is 19.4 Å². The normalized spacial score (nSPS) is 22.9. The van der Waals surface area contributed by atoms with Crippen molar-refractivity contribution >= 4 is 17.7 Å². The SMILES string of the molecule is COc1ccc(C23CCC(NC(=O)Nc4ccccc4C)CC2N(C)CC3)cc1OC.O=C(O)C(F)(F)F. The van der Waals surface area contributed by atoms with Gasteiger partial charge in [0, 0.05) is 23.2 Å². The van der Waals surface area contributed by atoms with Crippen LogP contribution in [0.25, 0.3) is 0 Å². The van der Waals surface area contributed by atoms with Crippen molar-refractivity contribution < 1.29 is 37.3 Å². The second-order valence-electron chi connectivity index (χ2n) is 9.66. The number of likely N-dealkylation sites (N-methyl/N-ethyl adjacent to an activating group) is 1. The number of para-hydroxylation sites is 1. The van der Waals surface area contributed by atoms with Crippen molar-refractivity contribution in [2.75, 3.05) is 33.1 Å². The van der Waals surface area contributed by atoms with Crippen LogP contribution in [-0.4, -0.2) is 68.1 Å². The smallest absolute Gasteiger partial charge is 0.490 e. The molecular weight excluding hydrogens is 503 g/mol. The third-order valence-electron chi connectivity index (χ3n) is 7.46. The molecule has 4 rings (SSSR count). The van der Waals surface area contributed by atoms with Gasteiger partial charge in [-0.2, -0.15) is 13.2 Å². The predicted molar refractivity (Wildman–Crippen MR) is 137 cm³/mol. The van der Waals surface area contributed by atoms with Crippen LogP contribution in [0.15, 0.2) is 42.5 Å². The number of anilines is 1. The molecule has 208 valence electrons. The number of fused-ring (bicyclic) bond motifs is 1. The minimum Gasteiger partial charge on any atom is -0.493 e. The summed E-state index contributed by atoms with van der Waals surface area (Å²) in [7, 11) is 5.55. The van der Waals surface area contributed by atoms with Crippen LogP contribution in [-0.2, 0) is 10.2 Å².